The van der Waals surface area contributed by atoms with E-state index in [2.05, 4.69) is 46.0 Å². The topological polar surface area (TPSA) is 33.6 Å². The standard InChI is InChI=1S/C14H17N3S/c1-2-7-17-13(15-16-14(17)18)12-8-10-5-3-4-6-11(10)9-12/h3-6,12H,2,7-9H2,1H3,(H,16,18). The van der Waals surface area contributed by atoms with E-state index in [1.54, 1.807) is 0 Å². The maximum Gasteiger partial charge on any atom is 0.195 e. The Bertz CT molecular complexity index is 586. The quantitative estimate of drug-likeness (QED) is 0.859. The largest absolute Gasteiger partial charge is 0.304 e. The van der Waals surface area contributed by atoms with Crippen LogP contribution in [0.1, 0.15) is 36.2 Å². The maximum atomic E-state index is 5.31. The van der Waals surface area contributed by atoms with Gasteiger partial charge in [0.25, 0.3) is 0 Å². The van der Waals surface area contributed by atoms with Crippen molar-refractivity contribution in [2.75, 3.05) is 0 Å². The third kappa shape index (κ3) is 1.90. The Labute approximate surface area is 112 Å². The van der Waals surface area contributed by atoms with E-state index in [1.165, 1.54) is 11.1 Å². The second-order valence-corrected chi connectivity index (χ2v) is 5.30. The van der Waals surface area contributed by atoms with Crippen molar-refractivity contribution < 1.29 is 0 Å². The van der Waals surface area contributed by atoms with Crippen molar-refractivity contribution in [2.45, 2.75) is 38.6 Å². The van der Waals surface area contributed by atoms with E-state index in [9.17, 15) is 0 Å². The Morgan fingerprint density at radius 2 is 2.00 bits per heavy atom. The van der Waals surface area contributed by atoms with Crippen LogP contribution in [0.2, 0.25) is 0 Å². The SMILES string of the molecule is CCCn1c(C2Cc3ccccc3C2)n[nH]c1=S. The first-order valence-electron chi connectivity index (χ1n) is 6.51. The molecule has 0 fully saturated rings. The summed E-state index contributed by atoms with van der Waals surface area (Å²) in [5.74, 6) is 1.60. The van der Waals surface area contributed by atoms with Crippen LogP contribution in [0.15, 0.2) is 24.3 Å². The average molecular weight is 259 g/mol. The third-order valence-electron chi connectivity index (χ3n) is 3.65. The monoisotopic (exact) mass is 259 g/mol. The van der Waals surface area contributed by atoms with Crippen LogP contribution in [-0.2, 0) is 19.4 Å². The van der Waals surface area contributed by atoms with Gasteiger partial charge >= 0.3 is 0 Å². The molecule has 4 heteroatoms. The number of nitrogens with zero attached hydrogens (tertiary/aromatic N) is 2. The highest BCUT2D eigenvalue weighted by Gasteiger charge is 2.26. The summed E-state index contributed by atoms with van der Waals surface area (Å²) in [5, 5.41) is 7.39. The van der Waals surface area contributed by atoms with Crippen LogP contribution < -0.4 is 0 Å². The second kappa shape index (κ2) is 4.69. The van der Waals surface area contributed by atoms with Gasteiger partial charge in [0.05, 0.1) is 0 Å². The summed E-state index contributed by atoms with van der Waals surface area (Å²) >= 11 is 5.31. The van der Waals surface area contributed by atoms with Crippen LogP contribution >= 0.6 is 12.2 Å². The Morgan fingerprint density at radius 1 is 1.33 bits per heavy atom. The molecule has 94 valence electrons. The van der Waals surface area contributed by atoms with E-state index in [4.69, 9.17) is 12.2 Å². The molecule has 0 bridgehead atoms. The van der Waals surface area contributed by atoms with Gasteiger partial charge in [-0.2, -0.15) is 5.10 Å². The zero-order valence-electron chi connectivity index (χ0n) is 10.5. The lowest BCUT2D eigenvalue weighted by atomic mass is 10.1. The summed E-state index contributed by atoms with van der Waals surface area (Å²) in [6.07, 6.45) is 3.25. The molecule has 0 radical (unpaired) electrons. The minimum atomic E-state index is 0.474. The maximum absolute atomic E-state index is 5.31. The lowest BCUT2D eigenvalue weighted by Crippen LogP contribution is -2.09. The molecule has 0 aliphatic heterocycles. The van der Waals surface area contributed by atoms with Gasteiger partial charge in [0.15, 0.2) is 4.77 Å². The van der Waals surface area contributed by atoms with Crippen LogP contribution in [-0.4, -0.2) is 14.8 Å². The van der Waals surface area contributed by atoms with Crippen molar-refractivity contribution >= 4 is 12.2 Å². The van der Waals surface area contributed by atoms with E-state index >= 15 is 0 Å². The zero-order valence-corrected chi connectivity index (χ0v) is 11.3. The van der Waals surface area contributed by atoms with E-state index in [0.29, 0.717) is 5.92 Å². The fraction of sp³-hybridized carbons (Fsp3) is 0.429. The molecule has 0 atom stereocenters. The molecule has 0 saturated heterocycles. The normalized spacial score (nSPS) is 14.9. The smallest absolute Gasteiger partial charge is 0.195 e. The highest BCUT2D eigenvalue weighted by Crippen LogP contribution is 2.32. The highest BCUT2D eigenvalue weighted by atomic mass is 32.1. The summed E-state index contributed by atoms with van der Waals surface area (Å²) in [6, 6.07) is 8.68. The van der Waals surface area contributed by atoms with Gasteiger partial charge in [0.1, 0.15) is 5.82 Å². The zero-order chi connectivity index (χ0) is 12.5. The first-order valence-corrected chi connectivity index (χ1v) is 6.92. The predicted octanol–water partition coefficient (Wildman–Crippen LogP) is 3.23. The van der Waals surface area contributed by atoms with Crippen LogP contribution in [0, 0.1) is 4.77 Å². The van der Waals surface area contributed by atoms with Crippen LogP contribution in [0.25, 0.3) is 0 Å². The molecular weight excluding hydrogens is 242 g/mol. The van der Waals surface area contributed by atoms with Crippen LogP contribution in [0.4, 0.5) is 0 Å². The molecule has 1 aliphatic rings. The fourth-order valence-electron chi connectivity index (χ4n) is 2.82. The molecule has 1 aromatic heterocycles. The Balaban J connectivity index is 1.93. The fourth-order valence-corrected chi connectivity index (χ4v) is 3.05. The Hall–Kier alpha value is -1.42. The molecule has 0 unspecified atom stereocenters. The number of benzene rings is 1. The highest BCUT2D eigenvalue weighted by molar-refractivity contribution is 7.71. The number of nitrogens with one attached hydrogen (secondary N) is 1. The van der Waals surface area contributed by atoms with Crippen molar-refractivity contribution in [3.63, 3.8) is 0 Å². The first kappa shape index (κ1) is 11.7. The van der Waals surface area contributed by atoms with Crippen molar-refractivity contribution in [3.05, 3.63) is 46.0 Å². The first-order chi connectivity index (χ1) is 8.79. The summed E-state index contributed by atoms with van der Waals surface area (Å²) in [7, 11) is 0. The van der Waals surface area contributed by atoms with Gasteiger partial charge in [0, 0.05) is 12.5 Å². The molecule has 1 aliphatic carbocycles. The molecule has 0 spiro atoms. The number of hydrogen-bond acceptors (Lipinski definition) is 2. The molecule has 0 saturated carbocycles. The minimum absolute atomic E-state index is 0.474. The number of aromatic amines is 1. The van der Waals surface area contributed by atoms with Crippen molar-refractivity contribution in [3.8, 4) is 0 Å². The molecule has 2 aromatic rings. The van der Waals surface area contributed by atoms with Crippen molar-refractivity contribution in [2.24, 2.45) is 0 Å². The molecule has 1 heterocycles. The Kier molecular flexibility index (Phi) is 3.04. The van der Waals surface area contributed by atoms with Gasteiger partial charge in [-0.1, -0.05) is 31.2 Å². The number of hydrogen-bond donors (Lipinski definition) is 1. The third-order valence-corrected chi connectivity index (χ3v) is 3.96. The number of fused-ring (bicyclic) bond motifs is 1. The van der Waals surface area contributed by atoms with Crippen molar-refractivity contribution in [1.82, 2.24) is 14.8 Å². The van der Waals surface area contributed by atoms with E-state index in [1.807, 2.05) is 0 Å². The number of H-pyrrole nitrogens is 1. The number of rotatable bonds is 3. The molecule has 1 N–H and O–H groups in total. The van der Waals surface area contributed by atoms with Crippen molar-refractivity contribution in [1.29, 1.82) is 0 Å². The van der Waals surface area contributed by atoms with Gasteiger partial charge in [-0.25, -0.2) is 0 Å². The van der Waals surface area contributed by atoms with E-state index in [-0.39, 0.29) is 0 Å². The van der Waals surface area contributed by atoms with Crippen LogP contribution in [0.5, 0.6) is 0 Å². The Morgan fingerprint density at radius 3 is 2.61 bits per heavy atom. The molecular formula is C14H17N3S. The average Bonchev–Trinajstić information content (AvgIpc) is 2.94. The second-order valence-electron chi connectivity index (χ2n) is 4.91. The summed E-state index contributed by atoms with van der Waals surface area (Å²) in [4.78, 5) is 0. The lowest BCUT2D eigenvalue weighted by Gasteiger charge is -2.10. The van der Waals surface area contributed by atoms with E-state index in [0.717, 1.165) is 36.4 Å². The minimum Gasteiger partial charge on any atom is -0.304 e. The van der Waals surface area contributed by atoms with Gasteiger partial charge < -0.3 is 4.57 Å². The summed E-state index contributed by atoms with van der Waals surface area (Å²) in [5.41, 5.74) is 2.92. The predicted molar refractivity (Wildman–Crippen MR) is 74.3 cm³/mol. The van der Waals surface area contributed by atoms with Gasteiger partial charge in [-0.05, 0) is 42.6 Å². The number of aromatic nitrogens is 3. The summed E-state index contributed by atoms with van der Waals surface area (Å²) < 4.78 is 2.91. The van der Waals surface area contributed by atoms with E-state index < -0.39 is 0 Å². The molecule has 3 rings (SSSR count). The van der Waals surface area contributed by atoms with Gasteiger partial charge in [-0.15, -0.1) is 0 Å². The molecule has 0 amide bonds. The van der Waals surface area contributed by atoms with Gasteiger partial charge in [0.2, 0.25) is 0 Å². The van der Waals surface area contributed by atoms with Gasteiger partial charge in [-0.3, -0.25) is 5.10 Å². The molecule has 3 nitrogen and oxygen atoms in total. The lowest BCUT2D eigenvalue weighted by molar-refractivity contribution is 0.576. The molecule has 1 aromatic carbocycles. The summed E-state index contributed by atoms with van der Waals surface area (Å²) in [6.45, 7) is 3.12. The van der Waals surface area contributed by atoms with Crippen LogP contribution in [0.3, 0.4) is 0 Å². The molecule has 18 heavy (non-hydrogen) atoms.